The van der Waals surface area contributed by atoms with Gasteiger partial charge in [0.05, 0.1) is 16.9 Å². The van der Waals surface area contributed by atoms with Gasteiger partial charge in [-0.25, -0.2) is 0 Å². The van der Waals surface area contributed by atoms with Crippen LogP contribution in [-0.4, -0.2) is 14.9 Å². The Hall–Kier alpha value is -0.840. The van der Waals surface area contributed by atoms with Crippen LogP contribution in [0.5, 0.6) is 0 Å². The summed E-state index contributed by atoms with van der Waals surface area (Å²) in [6, 6.07) is 5.97. The highest BCUT2D eigenvalue weighted by Gasteiger charge is 2.22. The van der Waals surface area contributed by atoms with E-state index in [1.165, 1.54) is 0 Å². The Labute approximate surface area is 126 Å². The standard InChI is InChI=1S/C14H16BrClN2O/c1-8(2)18-13(12(16)7-17-18)14(19)11-6-10(15)5-4-9(11)3/h4-8,14,19H,1-3H3. The molecule has 0 aliphatic rings. The van der Waals surface area contributed by atoms with Crippen LogP contribution in [0.15, 0.2) is 28.9 Å². The number of aliphatic hydroxyl groups excluding tert-OH is 1. The van der Waals surface area contributed by atoms with Gasteiger partial charge in [0.25, 0.3) is 0 Å². The molecule has 0 fully saturated rings. The monoisotopic (exact) mass is 342 g/mol. The van der Waals surface area contributed by atoms with Crippen molar-refractivity contribution in [2.24, 2.45) is 0 Å². The maximum absolute atomic E-state index is 10.6. The summed E-state index contributed by atoms with van der Waals surface area (Å²) in [7, 11) is 0. The van der Waals surface area contributed by atoms with Gasteiger partial charge in [0.1, 0.15) is 6.10 Å². The van der Waals surface area contributed by atoms with Crippen molar-refractivity contribution < 1.29 is 5.11 Å². The SMILES string of the molecule is Cc1ccc(Br)cc1C(O)c1c(Cl)cnn1C(C)C. The quantitative estimate of drug-likeness (QED) is 0.903. The molecule has 3 nitrogen and oxygen atoms in total. The molecule has 2 aromatic rings. The first-order chi connectivity index (χ1) is 8.91. The summed E-state index contributed by atoms with van der Waals surface area (Å²) in [5, 5.41) is 15.3. The number of hydrogen-bond acceptors (Lipinski definition) is 2. The minimum absolute atomic E-state index is 0.143. The Morgan fingerprint density at radius 1 is 1.37 bits per heavy atom. The fourth-order valence-corrected chi connectivity index (χ4v) is 2.68. The van der Waals surface area contributed by atoms with Crippen LogP contribution in [0, 0.1) is 6.92 Å². The predicted octanol–water partition coefficient (Wildman–Crippen LogP) is 4.27. The van der Waals surface area contributed by atoms with Crippen LogP contribution in [0.1, 0.15) is 42.8 Å². The molecule has 102 valence electrons. The molecule has 1 aromatic heterocycles. The molecule has 19 heavy (non-hydrogen) atoms. The van der Waals surface area contributed by atoms with Crippen LogP contribution in [0.3, 0.4) is 0 Å². The lowest BCUT2D eigenvalue weighted by Crippen LogP contribution is -2.13. The molecule has 0 radical (unpaired) electrons. The summed E-state index contributed by atoms with van der Waals surface area (Å²) in [4.78, 5) is 0. The van der Waals surface area contributed by atoms with Crippen molar-refractivity contribution in [3.05, 3.63) is 50.7 Å². The third-order valence-corrected chi connectivity index (χ3v) is 3.86. The smallest absolute Gasteiger partial charge is 0.122 e. The summed E-state index contributed by atoms with van der Waals surface area (Å²) in [5.41, 5.74) is 2.49. The van der Waals surface area contributed by atoms with Gasteiger partial charge in [-0.3, -0.25) is 4.68 Å². The summed E-state index contributed by atoms with van der Waals surface area (Å²) < 4.78 is 2.69. The Balaban J connectivity index is 2.52. The minimum atomic E-state index is -0.783. The van der Waals surface area contributed by atoms with Gasteiger partial charge in [-0.15, -0.1) is 0 Å². The molecule has 0 saturated heterocycles. The Bertz CT molecular complexity index is 595. The van der Waals surface area contributed by atoms with E-state index in [9.17, 15) is 5.11 Å². The average molecular weight is 344 g/mol. The summed E-state index contributed by atoms with van der Waals surface area (Å²) in [5.74, 6) is 0. The zero-order chi connectivity index (χ0) is 14.2. The van der Waals surface area contributed by atoms with Crippen LogP contribution in [0.25, 0.3) is 0 Å². The molecular formula is C14H16BrClN2O. The molecule has 1 N–H and O–H groups in total. The Morgan fingerprint density at radius 2 is 2.05 bits per heavy atom. The van der Waals surface area contributed by atoms with Gasteiger partial charge in [-0.05, 0) is 44.0 Å². The fraction of sp³-hybridized carbons (Fsp3) is 0.357. The fourth-order valence-electron chi connectivity index (χ4n) is 2.07. The number of aryl methyl sites for hydroxylation is 1. The highest BCUT2D eigenvalue weighted by atomic mass is 79.9. The van der Waals surface area contributed by atoms with Crippen LogP contribution in [0.4, 0.5) is 0 Å². The number of benzene rings is 1. The highest BCUT2D eigenvalue weighted by molar-refractivity contribution is 9.10. The maximum Gasteiger partial charge on any atom is 0.122 e. The zero-order valence-electron chi connectivity index (χ0n) is 11.1. The van der Waals surface area contributed by atoms with E-state index >= 15 is 0 Å². The summed E-state index contributed by atoms with van der Waals surface area (Å²) in [6.45, 7) is 5.98. The first kappa shape index (κ1) is 14.6. The largest absolute Gasteiger partial charge is 0.382 e. The molecule has 1 unspecified atom stereocenters. The zero-order valence-corrected chi connectivity index (χ0v) is 13.4. The summed E-state index contributed by atoms with van der Waals surface area (Å²) in [6.07, 6.45) is 0.794. The van der Waals surface area contributed by atoms with Crippen molar-refractivity contribution in [3.63, 3.8) is 0 Å². The molecule has 1 aromatic carbocycles. The number of halogens is 2. The first-order valence-electron chi connectivity index (χ1n) is 6.08. The van der Waals surface area contributed by atoms with Gasteiger partial charge >= 0.3 is 0 Å². The second-order valence-electron chi connectivity index (χ2n) is 4.82. The van der Waals surface area contributed by atoms with Gasteiger partial charge in [-0.2, -0.15) is 5.10 Å². The van der Waals surface area contributed by atoms with E-state index < -0.39 is 6.10 Å². The Morgan fingerprint density at radius 3 is 2.68 bits per heavy atom. The van der Waals surface area contributed by atoms with Gasteiger partial charge in [0, 0.05) is 10.5 Å². The van der Waals surface area contributed by atoms with Crippen LogP contribution < -0.4 is 0 Å². The molecule has 0 amide bonds. The highest BCUT2D eigenvalue weighted by Crippen LogP contribution is 2.32. The van der Waals surface area contributed by atoms with Crippen molar-refractivity contribution in [3.8, 4) is 0 Å². The minimum Gasteiger partial charge on any atom is -0.382 e. The molecule has 5 heteroatoms. The van der Waals surface area contributed by atoms with Gasteiger partial charge in [-0.1, -0.05) is 33.6 Å². The van der Waals surface area contributed by atoms with Crippen molar-refractivity contribution in [2.75, 3.05) is 0 Å². The molecule has 2 rings (SSSR count). The van der Waals surface area contributed by atoms with E-state index in [0.717, 1.165) is 15.6 Å². The lowest BCUT2D eigenvalue weighted by molar-refractivity contribution is 0.204. The molecule has 0 saturated carbocycles. The van der Waals surface area contributed by atoms with Crippen molar-refractivity contribution in [1.82, 2.24) is 9.78 Å². The second-order valence-corrected chi connectivity index (χ2v) is 6.14. The predicted molar refractivity (Wildman–Crippen MR) is 80.6 cm³/mol. The van der Waals surface area contributed by atoms with E-state index in [-0.39, 0.29) is 6.04 Å². The Kier molecular flexibility index (Phi) is 4.33. The van der Waals surface area contributed by atoms with E-state index in [4.69, 9.17) is 11.6 Å². The van der Waals surface area contributed by atoms with Crippen molar-refractivity contribution in [1.29, 1.82) is 0 Å². The first-order valence-corrected chi connectivity index (χ1v) is 7.26. The van der Waals surface area contributed by atoms with E-state index in [1.807, 2.05) is 39.0 Å². The number of aromatic nitrogens is 2. The second kappa shape index (κ2) is 5.65. The van der Waals surface area contributed by atoms with E-state index in [2.05, 4.69) is 21.0 Å². The third kappa shape index (κ3) is 2.86. The molecule has 0 bridgehead atoms. The van der Waals surface area contributed by atoms with Crippen molar-refractivity contribution in [2.45, 2.75) is 32.9 Å². The molecule has 1 heterocycles. The van der Waals surface area contributed by atoms with Crippen LogP contribution >= 0.6 is 27.5 Å². The lowest BCUT2D eigenvalue weighted by atomic mass is 10.0. The molecule has 0 spiro atoms. The molecule has 1 atom stereocenters. The molecular weight excluding hydrogens is 328 g/mol. The van der Waals surface area contributed by atoms with E-state index in [1.54, 1.807) is 10.9 Å². The molecule has 0 aliphatic heterocycles. The average Bonchev–Trinajstić information content (AvgIpc) is 2.73. The number of nitrogens with zero attached hydrogens (tertiary/aromatic N) is 2. The van der Waals surface area contributed by atoms with Crippen molar-refractivity contribution >= 4 is 27.5 Å². The van der Waals surface area contributed by atoms with E-state index in [0.29, 0.717) is 10.7 Å². The van der Waals surface area contributed by atoms with Crippen LogP contribution in [-0.2, 0) is 0 Å². The van der Waals surface area contributed by atoms with Gasteiger partial charge < -0.3 is 5.11 Å². The molecule has 0 aliphatic carbocycles. The van der Waals surface area contributed by atoms with Gasteiger partial charge in [0.15, 0.2) is 0 Å². The van der Waals surface area contributed by atoms with Gasteiger partial charge in [0.2, 0.25) is 0 Å². The number of rotatable bonds is 3. The normalized spacial score (nSPS) is 13.0. The number of hydrogen-bond donors (Lipinski definition) is 1. The lowest BCUT2D eigenvalue weighted by Gasteiger charge is -2.18. The topological polar surface area (TPSA) is 38.1 Å². The summed E-state index contributed by atoms with van der Waals surface area (Å²) >= 11 is 9.60. The van der Waals surface area contributed by atoms with Crippen LogP contribution in [0.2, 0.25) is 5.02 Å². The maximum atomic E-state index is 10.6. The number of aliphatic hydroxyl groups is 1. The third-order valence-electron chi connectivity index (χ3n) is 3.07.